The van der Waals surface area contributed by atoms with Crippen molar-refractivity contribution >= 4 is 74.7 Å². The van der Waals surface area contributed by atoms with Crippen LogP contribution in [0.25, 0.3) is 10.8 Å². The molecule has 0 fully saturated rings. The van der Waals surface area contributed by atoms with Crippen LogP contribution < -0.4 is 15.0 Å². The molecule has 1 heterocycles. The molecule has 0 unspecified atom stereocenters. The average Bonchev–Trinajstić information content (AvgIpc) is 3.09. The molecular formula is C27H15Cl3N2O4. The Bertz CT molecular complexity index is 1580. The lowest BCUT2D eigenvalue weighted by atomic mass is 10.1. The van der Waals surface area contributed by atoms with Crippen LogP contribution in [0.5, 0.6) is 5.75 Å². The lowest BCUT2D eigenvalue weighted by molar-refractivity contribution is -0.120. The number of esters is 1. The van der Waals surface area contributed by atoms with Gasteiger partial charge in [-0.3, -0.25) is 9.59 Å². The van der Waals surface area contributed by atoms with Crippen molar-refractivity contribution in [3.63, 3.8) is 0 Å². The van der Waals surface area contributed by atoms with E-state index < -0.39 is 17.8 Å². The van der Waals surface area contributed by atoms with Gasteiger partial charge in [0.25, 0.3) is 11.8 Å². The SMILES string of the molecule is O=C(Oc1cccc2ccccc12)c1ccc(NC2=C(Cl)C(=O)N(c3cccc(Cl)c3Cl)C2=O)cc1. The molecule has 4 aromatic carbocycles. The average molecular weight is 538 g/mol. The van der Waals surface area contributed by atoms with Crippen molar-refractivity contribution in [2.45, 2.75) is 0 Å². The number of nitrogens with one attached hydrogen (secondary N) is 1. The Labute approximate surface area is 220 Å². The third-order valence-electron chi connectivity index (χ3n) is 5.54. The van der Waals surface area contributed by atoms with Gasteiger partial charge in [-0.05, 0) is 47.9 Å². The molecule has 6 nitrogen and oxygen atoms in total. The van der Waals surface area contributed by atoms with Gasteiger partial charge in [0, 0.05) is 11.1 Å². The molecule has 0 aromatic heterocycles. The lowest BCUT2D eigenvalue weighted by Crippen LogP contribution is -2.32. The van der Waals surface area contributed by atoms with Gasteiger partial charge in [0.05, 0.1) is 21.3 Å². The molecular weight excluding hydrogens is 523 g/mol. The summed E-state index contributed by atoms with van der Waals surface area (Å²) >= 11 is 18.4. The van der Waals surface area contributed by atoms with Crippen molar-refractivity contribution < 1.29 is 19.1 Å². The fourth-order valence-corrected chi connectivity index (χ4v) is 4.37. The summed E-state index contributed by atoms with van der Waals surface area (Å²) in [6, 6.07) is 23.9. The number of imide groups is 1. The quantitative estimate of drug-likeness (QED) is 0.172. The number of benzene rings is 4. The molecule has 0 spiro atoms. The summed E-state index contributed by atoms with van der Waals surface area (Å²) in [5, 5.41) is 4.58. The Morgan fingerprint density at radius 2 is 1.47 bits per heavy atom. The Morgan fingerprint density at radius 1 is 0.778 bits per heavy atom. The van der Waals surface area contributed by atoms with Crippen LogP contribution in [0.15, 0.2) is 95.7 Å². The van der Waals surface area contributed by atoms with E-state index in [1.54, 1.807) is 30.3 Å². The second-order valence-electron chi connectivity index (χ2n) is 7.78. The van der Waals surface area contributed by atoms with Gasteiger partial charge >= 0.3 is 5.97 Å². The minimum absolute atomic E-state index is 0.0562. The Hall–Kier alpha value is -3.84. The van der Waals surface area contributed by atoms with Gasteiger partial charge in [0.1, 0.15) is 16.5 Å². The summed E-state index contributed by atoms with van der Waals surface area (Å²) in [6.07, 6.45) is 0. The molecule has 0 saturated heterocycles. The highest BCUT2D eigenvalue weighted by atomic mass is 35.5. The van der Waals surface area contributed by atoms with Crippen molar-refractivity contribution in [1.82, 2.24) is 0 Å². The van der Waals surface area contributed by atoms with E-state index >= 15 is 0 Å². The molecule has 0 bridgehead atoms. The molecule has 9 heteroatoms. The molecule has 5 rings (SSSR count). The number of halogens is 3. The first-order chi connectivity index (χ1) is 17.3. The zero-order valence-corrected chi connectivity index (χ0v) is 20.6. The van der Waals surface area contributed by atoms with E-state index in [-0.39, 0.29) is 26.5 Å². The summed E-state index contributed by atoms with van der Waals surface area (Å²) in [4.78, 5) is 39.3. The highest BCUT2D eigenvalue weighted by Crippen LogP contribution is 2.37. The van der Waals surface area contributed by atoms with Crippen LogP contribution in [0.3, 0.4) is 0 Å². The van der Waals surface area contributed by atoms with E-state index in [1.165, 1.54) is 18.2 Å². The van der Waals surface area contributed by atoms with Crippen LogP contribution in [0, 0.1) is 0 Å². The van der Waals surface area contributed by atoms with Gasteiger partial charge in [-0.1, -0.05) is 77.3 Å². The molecule has 178 valence electrons. The molecule has 4 aromatic rings. The Kier molecular flexibility index (Phi) is 6.41. The van der Waals surface area contributed by atoms with E-state index in [4.69, 9.17) is 39.5 Å². The number of ether oxygens (including phenoxy) is 1. The number of anilines is 2. The number of hydrogen-bond donors (Lipinski definition) is 1. The molecule has 1 aliphatic heterocycles. The first kappa shape index (κ1) is 23.9. The molecule has 36 heavy (non-hydrogen) atoms. The van der Waals surface area contributed by atoms with E-state index in [2.05, 4.69) is 5.32 Å². The number of nitrogens with zero attached hydrogens (tertiary/aromatic N) is 1. The zero-order chi connectivity index (χ0) is 25.4. The summed E-state index contributed by atoms with van der Waals surface area (Å²) in [5.74, 6) is -1.51. The second-order valence-corrected chi connectivity index (χ2v) is 8.94. The van der Waals surface area contributed by atoms with Crippen LogP contribution in [0.1, 0.15) is 10.4 Å². The number of amides is 2. The number of rotatable bonds is 5. The predicted octanol–water partition coefficient (Wildman–Crippen LogP) is 6.80. The number of fused-ring (bicyclic) bond motifs is 1. The van der Waals surface area contributed by atoms with Crippen molar-refractivity contribution in [3.8, 4) is 5.75 Å². The fraction of sp³-hybridized carbons (Fsp3) is 0. The van der Waals surface area contributed by atoms with Gasteiger partial charge in [-0.15, -0.1) is 0 Å². The first-order valence-electron chi connectivity index (χ1n) is 10.6. The van der Waals surface area contributed by atoms with E-state index in [9.17, 15) is 14.4 Å². The highest BCUT2D eigenvalue weighted by molar-refractivity contribution is 6.54. The maximum absolute atomic E-state index is 13.0. The van der Waals surface area contributed by atoms with Crippen molar-refractivity contribution in [3.05, 3.63) is 111 Å². The molecule has 0 radical (unpaired) electrons. The van der Waals surface area contributed by atoms with Crippen LogP contribution in [0.2, 0.25) is 10.0 Å². The standard InChI is InChI=1S/C27H15Cl3N2O4/c28-19-8-4-9-20(22(19)29)32-25(33)23(30)24(26(32)34)31-17-13-11-16(12-14-17)27(35)36-21-10-3-6-15-5-1-2-7-18(15)21/h1-14,31H. The van der Waals surface area contributed by atoms with Gasteiger partial charge in [-0.2, -0.15) is 0 Å². The van der Waals surface area contributed by atoms with Crippen LogP contribution in [-0.2, 0) is 9.59 Å². The monoisotopic (exact) mass is 536 g/mol. The second kappa shape index (κ2) is 9.66. The maximum atomic E-state index is 13.0. The summed E-state index contributed by atoms with van der Waals surface area (Å²) in [7, 11) is 0. The minimum Gasteiger partial charge on any atom is -0.422 e. The summed E-state index contributed by atoms with van der Waals surface area (Å²) in [6.45, 7) is 0. The molecule has 0 saturated carbocycles. The third-order valence-corrected chi connectivity index (χ3v) is 6.70. The van der Waals surface area contributed by atoms with Gasteiger partial charge < -0.3 is 10.1 Å². The lowest BCUT2D eigenvalue weighted by Gasteiger charge is -2.17. The predicted molar refractivity (Wildman–Crippen MR) is 141 cm³/mol. The normalized spacial score (nSPS) is 13.5. The maximum Gasteiger partial charge on any atom is 0.343 e. The number of hydrogen-bond acceptors (Lipinski definition) is 5. The van der Waals surface area contributed by atoms with E-state index in [0.717, 1.165) is 15.7 Å². The van der Waals surface area contributed by atoms with Crippen molar-refractivity contribution in [2.24, 2.45) is 0 Å². The van der Waals surface area contributed by atoms with Crippen LogP contribution >= 0.6 is 34.8 Å². The van der Waals surface area contributed by atoms with E-state index in [1.807, 2.05) is 36.4 Å². The fourth-order valence-electron chi connectivity index (χ4n) is 3.77. The van der Waals surface area contributed by atoms with E-state index in [0.29, 0.717) is 17.0 Å². The van der Waals surface area contributed by atoms with Crippen LogP contribution in [-0.4, -0.2) is 17.8 Å². The molecule has 1 aliphatic rings. The number of carbonyl (C=O) groups is 3. The molecule has 2 amide bonds. The van der Waals surface area contributed by atoms with Crippen molar-refractivity contribution in [2.75, 3.05) is 10.2 Å². The van der Waals surface area contributed by atoms with Gasteiger partial charge in [0.2, 0.25) is 0 Å². The largest absolute Gasteiger partial charge is 0.422 e. The summed E-state index contributed by atoms with van der Waals surface area (Å²) < 4.78 is 5.60. The number of carbonyl (C=O) groups excluding carboxylic acids is 3. The van der Waals surface area contributed by atoms with Gasteiger partial charge in [0.15, 0.2) is 0 Å². The summed E-state index contributed by atoms with van der Waals surface area (Å²) in [5.41, 5.74) is 0.740. The zero-order valence-electron chi connectivity index (χ0n) is 18.3. The molecule has 1 N–H and O–H groups in total. The molecule has 0 atom stereocenters. The Balaban J connectivity index is 1.33. The van der Waals surface area contributed by atoms with Crippen molar-refractivity contribution in [1.29, 1.82) is 0 Å². The third kappa shape index (κ3) is 4.31. The topological polar surface area (TPSA) is 75.7 Å². The highest BCUT2D eigenvalue weighted by Gasteiger charge is 2.40. The smallest absolute Gasteiger partial charge is 0.343 e. The first-order valence-corrected chi connectivity index (χ1v) is 11.8. The minimum atomic E-state index is -0.733. The molecule has 0 aliphatic carbocycles. The van der Waals surface area contributed by atoms with Crippen LogP contribution in [0.4, 0.5) is 11.4 Å². The Morgan fingerprint density at radius 3 is 2.25 bits per heavy atom. The van der Waals surface area contributed by atoms with Gasteiger partial charge in [-0.25, -0.2) is 9.69 Å².